The van der Waals surface area contributed by atoms with E-state index in [0.717, 1.165) is 22.3 Å². The summed E-state index contributed by atoms with van der Waals surface area (Å²) in [5.41, 5.74) is 3.64. The second kappa shape index (κ2) is 13.9. The van der Waals surface area contributed by atoms with Crippen LogP contribution in [-0.2, 0) is 0 Å². The molecule has 0 aliphatic carbocycles. The molecular weight excluding hydrogens is 565 g/mol. The van der Waals surface area contributed by atoms with E-state index in [2.05, 4.69) is 15.6 Å². The van der Waals surface area contributed by atoms with Crippen molar-refractivity contribution in [3.8, 4) is 0 Å². The summed E-state index contributed by atoms with van der Waals surface area (Å²) in [6.45, 7) is 0. The topological polar surface area (TPSA) is 71.1 Å². The summed E-state index contributed by atoms with van der Waals surface area (Å²) in [7, 11) is 0. The molecule has 4 aromatic carbocycles. The predicted octanol–water partition coefficient (Wildman–Crippen LogP) is 7.98. The Hall–Kier alpha value is -4.45. The molecule has 5 rings (SSSR count). The van der Waals surface area contributed by atoms with Crippen molar-refractivity contribution < 1.29 is 9.59 Å². The third kappa shape index (κ3) is 7.06. The number of carbonyl (C=O) groups is 2. The Labute approximate surface area is 255 Å². The molecule has 2 N–H and O–H groups in total. The third-order valence-corrected chi connectivity index (χ3v) is 7.93. The molecule has 0 aliphatic rings. The zero-order valence-corrected chi connectivity index (χ0v) is 24.1. The number of rotatable bonds is 10. The second-order valence-electron chi connectivity index (χ2n) is 9.76. The van der Waals surface area contributed by atoms with Crippen molar-refractivity contribution in [3.05, 3.63) is 173 Å². The van der Waals surface area contributed by atoms with Gasteiger partial charge in [0.1, 0.15) is 11.4 Å². The highest BCUT2D eigenvalue weighted by Gasteiger charge is 2.28. The lowest BCUT2D eigenvalue weighted by Crippen LogP contribution is -2.34. The molecular formula is C35H29Cl2N3O2. The van der Waals surface area contributed by atoms with Gasteiger partial charge in [-0.3, -0.25) is 9.59 Å². The van der Waals surface area contributed by atoms with Crippen LogP contribution in [0.1, 0.15) is 66.1 Å². The maximum Gasteiger partial charge on any atom is 0.270 e. The number of nitrogens with one attached hydrogen (secondary N) is 2. The molecule has 0 bridgehead atoms. The number of alkyl halides is 2. The first-order valence-corrected chi connectivity index (χ1v) is 14.5. The highest BCUT2D eigenvalue weighted by Crippen LogP contribution is 2.36. The van der Waals surface area contributed by atoms with Gasteiger partial charge in [-0.25, -0.2) is 4.98 Å². The summed E-state index contributed by atoms with van der Waals surface area (Å²) in [5.74, 6) is -0.890. The number of aromatic nitrogens is 1. The largest absolute Gasteiger partial charge is 0.342 e. The van der Waals surface area contributed by atoms with Crippen molar-refractivity contribution in [3.63, 3.8) is 0 Å². The van der Waals surface area contributed by atoms with Crippen LogP contribution in [0.4, 0.5) is 0 Å². The Balaban J connectivity index is 1.38. The first-order valence-electron chi connectivity index (χ1n) is 13.6. The van der Waals surface area contributed by atoms with Crippen LogP contribution in [-0.4, -0.2) is 16.8 Å². The normalized spacial score (nSPS) is 13.8. The fraction of sp³-hybridized carbons (Fsp3) is 0.114. The number of amides is 2. The van der Waals surface area contributed by atoms with Gasteiger partial charge in [-0.2, -0.15) is 0 Å². The number of hydrogen-bond donors (Lipinski definition) is 2. The molecule has 42 heavy (non-hydrogen) atoms. The summed E-state index contributed by atoms with van der Waals surface area (Å²) >= 11 is 13.8. The summed E-state index contributed by atoms with van der Waals surface area (Å²) in [6, 6.07) is 41.9. The Morgan fingerprint density at radius 2 is 0.762 bits per heavy atom. The van der Waals surface area contributed by atoms with Crippen molar-refractivity contribution in [1.29, 1.82) is 0 Å². The van der Waals surface area contributed by atoms with Crippen molar-refractivity contribution in [1.82, 2.24) is 15.6 Å². The van der Waals surface area contributed by atoms with Crippen LogP contribution in [0.3, 0.4) is 0 Å². The van der Waals surface area contributed by atoms with Crippen molar-refractivity contribution in [2.45, 2.75) is 22.8 Å². The molecule has 7 heteroatoms. The zero-order valence-electron chi connectivity index (χ0n) is 22.6. The first kappa shape index (κ1) is 29.1. The van der Waals surface area contributed by atoms with Gasteiger partial charge in [0.25, 0.3) is 11.8 Å². The van der Waals surface area contributed by atoms with Gasteiger partial charge in [0, 0.05) is 0 Å². The van der Waals surface area contributed by atoms with Crippen molar-refractivity contribution in [2.24, 2.45) is 0 Å². The number of nitrogens with zero attached hydrogens (tertiary/aromatic N) is 1. The lowest BCUT2D eigenvalue weighted by Gasteiger charge is -2.25. The molecule has 0 saturated heterocycles. The Kier molecular flexibility index (Phi) is 9.65. The molecule has 1 aromatic heterocycles. The maximum absolute atomic E-state index is 13.5. The van der Waals surface area contributed by atoms with E-state index in [1.165, 1.54) is 0 Å². The van der Waals surface area contributed by atoms with E-state index in [4.69, 9.17) is 23.2 Å². The van der Waals surface area contributed by atoms with Crippen LogP contribution in [0, 0.1) is 0 Å². The maximum atomic E-state index is 13.5. The van der Waals surface area contributed by atoms with Gasteiger partial charge in [-0.1, -0.05) is 127 Å². The van der Waals surface area contributed by atoms with E-state index in [-0.39, 0.29) is 11.4 Å². The van der Waals surface area contributed by atoms with Crippen LogP contribution >= 0.6 is 23.2 Å². The van der Waals surface area contributed by atoms with Crippen LogP contribution in [0.5, 0.6) is 0 Å². The van der Waals surface area contributed by atoms with Gasteiger partial charge in [-0.15, -0.1) is 23.2 Å². The van der Waals surface area contributed by atoms with Gasteiger partial charge in [-0.05, 0) is 34.4 Å². The average Bonchev–Trinajstić information content (AvgIpc) is 3.07. The number of halogens is 2. The van der Waals surface area contributed by atoms with Gasteiger partial charge < -0.3 is 10.6 Å². The third-order valence-electron chi connectivity index (χ3n) is 6.93. The number of pyridine rings is 1. The summed E-state index contributed by atoms with van der Waals surface area (Å²) in [6.07, 6.45) is 0. The Bertz CT molecular complexity index is 1490. The molecule has 5 nitrogen and oxygen atoms in total. The number of hydrogen-bond acceptors (Lipinski definition) is 3. The number of carbonyl (C=O) groups excluding carboxylic acids is 2. The second-order valence-corrected chi connectivity index (χ2v) is 10.7. The van der Waals surface area contributed by atoms with E-state index in [0.29, 0.717) is 0 Å². The van der Waals surface area contributed by atoms with Crippen molar-refractivity contribution in [2.75, 3.05) is 0 Å². The molecule has 0 unspecified atom stereocenters. The molecule has 0 spiro atoms. The van der Waals surface area contributed by atoms with Crippen LogP contribution < -0.4 is 10.6 Å². The van der Waals surface area contributed by atoms with Crippen molar-refractivity contribution >= 4 is 35.0 Å². The van der Waals surface area contributed by atoms with Gasteiger partial charge >= 0.3 is 0 Å². The summed E-state index contributed by atoms with van der Waals surface area (Å²) < 4.78 is 0. The molecule has 5 aromatic rings. The first-order chi connectivity index (χ1) is 20.5. The fourth-order valence-electron chi connectivity index (χ4n) is 4.75. The molecule has 1 heterocycles. The SMILES string of the molecule is O=C(N[C@@H](c1ccccc1)[C@@H](Cl)c1ccccc1)c1cccc(C(=O)N[C@@H](c2ccccc2)[C@@H](Cl)c2ccccc2)n1. The Morgan fingerprint density at radius 1 is 0.452 bits per heavy atom. The fourth-order valence-corrected chi connectivity index (χ4v) is 5.46. The standard InChI is InChI=1S/C35H29Cl2N3O2/c36-30(24-14-5-1-6-15-24)32(26-18-9-3-10-19-26)39-34(41)28-22-13-23-29(38-28)35(42)40-33(27-20-11-4-12-21-27)31(37)25-16-7-2-8-17-25/h1-23,30-33H,(H,39,41)(H,40,42)/t30-,31-,32-,33-/m0/s1. The molecule has 210 valence electrons. The lowest BCUT2D eigenvalue weighted by molar-refractivity contribution is 0.0926. The smallest absolute Gasteiger partial charge is 0.270 e. The minimum Gasteiger partial charge on any atom is -0.342 e. The minimum absolute atomic E-state index is 0.0993. The average molecular weight is 595 g/mol. The van der Waals surface area contributed by atoms with Gasteiger partial charge in [0.2, 0.25) is 0 Å². The highest BCUT2D eigenvalue weighted by atomic mass is 35.5. The predicted molar refractivity (Wildman–Crippen MR) is 168 cm³/mol. The van der Waals surface area contributed by atoms with E-state index in [1.54, 1.807) is 18.2 Å². The van der Waals surface area contributed by atoms with E-state index >= 15 is 0 Å². The van der Waals surface area contributed by atoms with Crippen LogP contribution in [0.2, 0.25) is 0 Å². The van der Waals surface area contributed by atoms with Gasteiger partial charge in [0.15, 0.2) is 0 Å². The molecule has 0 aliphatic heterocycles. The molecule has 0 fully saturated rings. The van der Waals surface area contributed by atoms with Crippen LogP contribution in [0.25, 0.3) is 0 Å². The molecule has 4 atom stereocenters. The molecule has 2 amide bonds. The van der Waals surface area contributed by atoms with E-state index < -0.39 is 34.7 Å². The summed E-state index contributed by atoms with van der Waals surface area (Å²) in [5, 5.41) is 5.00. The minimum atomic E-state index is -0.535. The molecule has 0 saturated carbocycles. The lowest BCUT2D eigenvalue weighted by atomic mass is 9.98. The molecule has 0 radical (unpaired) electrons. The van der Waals surface area contributed by atoms with Crippen LogP contribution in [0.15, 0.2) is 140 Å². The highest BCUT2D eigenvalue weighted by molar-refractivity contribution is 6.22. The zero-order chi connectivity index (χ0) is 29.3. The quantitative estimate of drug-likeness (QED) is 0.161. The summed E-state index contributed by atoms with van der Waals surface area (Å²) in [4.78, 5) is 31.4. The van der Waals surface area contributed by atoms with E-state index in [1.807, 2.05) is 121 Å². The Morgan fingerprint density at radius 3 is 1.10 bits per heavy atom. The number of benzene rings is 4. The van der Waals surface area contributed by atoms with E-state index in [9.17, 15) is 9.59 Å². The van der Waals surface area contributed by atoms with Gasteiger partial charge in [0.05, 0.1) is 22.8 Å². The monoisotopic (exact) mass is 593 g/mol.